The van der Waals surface area contributed by atoms with E-state index in [1.807, 2.05) is 13.0 Å². The van der Waals surface area contributed by atoms with E-state index in [2.05, 4.69) is 39.7 Å². The molecule has 0 aliphatic carbocycles. The normalized spacial score (nSPS) is 11.2. The van der Waals surface area contributed by atoms with Crippen LogP contribution in [-0.2, 0) is 0 Å². The van der Waals surface area contributed by atoms with Gasteiger partial charge in [-0.2, -0.15) is 0 Å². The summed E-state index contributed by atoms with van der Waals surface area (Å²) < 4.78 is 6.06. The van der Waals surface area contributed by atoms with Crippen molar-refractivity contribution in [1.82, 2.24) is 9.97 Å². The molecule has 2 rings (SSSR count). The molecule has 0 spiro atoms. The molecule has 3 nitrogen and oxygen atoms in total. The van der Waals surface area contributed by atoms with Crippen LogP contribution in [0.15, 0.2) is 21.2 Å². The van der Waals surface area contributed by atoms with Crippen molar-refractivity contribution >= 4 is 27.5 Å². The van der Waals surface area contributed by atoms with E-state index in [0.717, 1.165) is 11.3 Å². The van der Waals surface area contributed by atoms with Crippen molar-refractivity contribution in [1.29, 1.82) is 0 Å². The van der Waals surface area contributed by atoms with Gasteiger partial charge in [0.2, 0.25) is 0 Å². The summed E-state index contributed by atoms with van der Waals surface area (Å²) in [5, 5.41) is 0.495. The monoisotopic (exact) mass is 314 g/mol. The third-order valence-corrected chi connectivity index (χ3v) is 3.17. The molecule has 17 heavy (non-hydrogen) atoms. The number of hydrogen-bond acceptors (Lipinski definition) is 3. The summed E-state index contributed by atoms with van der Waals surface area (Å²) in [6, 6.07) is 3.61. The molecule has 5 heteroatoms. The third kappa shape index (κ3) is 2.53. The highest BCUT2D eigenvalue weighted by Gasteiger charge is 2.15. The van der Waals surface area contributed by atoms with Gasteiger partial charge in [-0.05, 0) is 40.9 Å². The van der Waals surface area contributed by atoms with Gasteiger partial charge >= 0.3 is 0 Å². The molecule has 0 amide bonds. The standard InChI is InChI=1S/C12H12BrClN2O/c1-6(2)10-7(3)15-12(16-11(10)14)8-4-5-9(13)17-8/h4-6H,1-3H3. The fourth-order valence-corrected chi connectivity index (χ4v) is 2.49. The Balaban J connectivity index is 2.52. The van der Waals surface area contributed by atoms with Crippen LogP contribution in [0.25, 0.3) is 11.6 Å². The topological polar surface area (TPSA) is 38.9 Å². The minimum absolute atomic E-state index is 0.305. The zero-order valence-electron chi connectivity index (χ0n) is 9.79. The molecule has 2 aromatic heterocycles. The van der Waals surface area contributed by atoms with E-state index in [4.69, 9.17) is 16.0 Å². The minimum Gasteiger partial charge on any atom is -0.446 e. The van der Waals surface area contributed by atoms with Crippen LogP contribution in [0.5, 0.6) is 0 Å². The van der Waals surface area contributed by atoms with E-state index in [0.29, 0.717) is 27.3 Å². The highest BCUT2D eigenvalue weighted by molar-refractivity contribution is 9.10. The Morgan fingerprint density at radius 1 is 1.29 bits per heavy atom. The molecule has 0 bridgehead atoms. The van der Waals surface area contributed by atoms with Crippen molar-refractivity contribution in [3.05, 3.63) is 33.2 Å². The molecule has 0 saturated heterocycles. The van der Waals surface area contributed by atoms with Gasteiger partial charge in [-0.3, -0.25) is 0 Å². The number of aromatic nitrogens is 2. The molecule has 0 aliphatic rings. The fourth-order valence-electron chi connectivity index (χ4n) is 1.75. The molecule has 0 saturated carbocycles. The molecule has 90 valence electrons. The van der Waals surface area contributed by atoms with Crippen LogP contribution in [0.4, 0.5) is 0 Å². The second kappa shape index (κ2) is 4.78. The molecule has 0 fully saturated rings. The van der Waals surface area contributed by atoms with Crippen molar-refractivity contribution in [3.63, 3.8) is 0 Å². The van der Waals surface area contributed by atoms with Gasteiger partial charge < -0.3 is 4.42 Å². The van der Waals surface area contributed by atoms with Gasteiger partial charge in [0.05, 0.1) is 0 Å². The van der Waals surface area contributed by atoms with Gasteiger partial charge in [-0.25, -0.2) is 9.97 Å². The molecule has 0 radical (unpaired) electrons. The van der Waals surface area contributed by atoms with Crippen molar-refractivity contribution in [2.45, 2.75) is 26.7 Å². The van der Waals surface area contributed by atoms with Gasteiger partial charge in [-0.1, -0.05) is 25.4 Å². The van der Waals surface area contributed by atoms with Gasteiger partial charge in [-0.15, -0.1) is 0 Å². The smallest absolute Gasteiger partial charge is 0.197 e. The first-order valence-corrected chi connectivity index (χ1v) is 6.46. The zero-order chi connectivity index (χ0) is 12.6. The number of furan rings is 1. The molecule has 0 atom stereocenters. The highest BCUT2D eigenvalue weighted by Crippen LogP contribution is 2.29. The van der Waals surface area contributed by atoms with E-state index >= 15 is 0 Å². The van der Waals surface area contributed by atoms with E-state index in [1.54, 1.807) is 6.07 Å². The lowest BCUT2D eigenvalue weighted by molar-refractivity contribution is 0.550. The first-order chi connectivity index (χ1) is 7.99. The van der Waals surface area contributed by atoms with Crippen LogP contribution >= 0.6 is 27.5 Å². The summed E-state index contributed by atoms with van der Waals surface area (Å²) in [5.74, 6) is 1.43. The lowest BCUT2D eigenvalue weighted by Gasteiger charge is -2.11. The zero-order valence-corrected chi connectivity index (χ0v) is 12.1. The van der Waals surface area contributed by atoms with Crippen LogP contribution in [0.2, 0.25) is 5.15 Å². The van der Waals surface area contributed by atoms with Gasteiger partial charge in [0.15, 0.2) is 16.3 Å². The predicted molar refractivity (Wildman–Crippen MR) is 71.3 cm³/mol. The summed E-state index contributed by atoms with van der Waals surface area (Å²) in [6.45, 7) is 6.08. The second-order valence-corrected chi connectivity index (χ2v) is 5.24. The first-order valence-electron chi connectivity index (χ1n) is 5.28. The summed E-state index contributed by atoms with van der Waals surface area (Å²) in [4.78, 5) is 8.71. The van der Waals surface area contributed by atoms with Gasteiger partial charge in [0.1, 0.15) is 5.15 Å². The molecule has 2 aromatic rings. The molecular formula is C12H12BrClN2O. The van der Waals surface area contributed by atoms with Crippen molar-refractivity contribution in [2.75, 3.05) is 0 Å². The maximum absolute atomic E-state index is 6.18. The first kappa shape index (κ1) is 12.6. The van der Waals surface area contributed by atoms with Crippen molar-refractivity contribution in [3.8, 4) is 11.6 Å². The molecule has 0 unspecified atom stereocenters. The van der Waals surface area contributed by atoms with Crippen LogP contribution < -0.4 is 0 Å². The molecule has 2 heterocycles. The lowest BCUT2D eigenvalue weighted by Crippen LogP contribution is -2.01. The quantitative estimate of drug-likeness (QED) is 0.761. The number of aryl methyl sites for hydroxylation is 1. The van der Waals surface area contributed by atoms with Crippen LogP contribution in [0.1, 0.15) is 31.0 Å². The summed E-state index contributed by atoms with van der Waals surface area (Å²) in [6.07, 6.45) is 0. The molecule has 0 aliphatic heterocycles. The SMILES string of the molecule is Cc1nc(-c2ccc(Br)o2)nc(Cl)c1C(C)C. The Hall–Kier alpha value is -0.870. The average Bonchev–Trinajstić information content (AvgIpc) is 2.63. The summed E-state index contributed by atoms with van der Waals surface area (Å²) >= 11 is 9.43. The average molecular weight is 316 g/mol. The number of halogens is 2. The van der Waals surface area contributed by atoms with Gasteiger partial charge in [0, 0.05) is 11.3 Å². The Labute approximate surface area is 113 Å². The van der Waals surface area contributed by atoms with Crippen LogP contribution in [0.3, 0.4) is 0 Å². The maximum Gasteiger partial charge on any atom is 0.197 e. The number of rotatable bonds is 2. The fraction of sp³-hybridized carbons (Fsp3) is 0.333. The van der Waals surface area contributed by atoms with E-state index in [9.17, 15) is 0 Å². The third-order valence-electron chi connectivity index (χ3n) is 2.46. The molecule has 0 aromatic carbocycles. The maximum atomic E-state index is 6.18. The van der Waals surface area contributed by atoms with E-state index < -0.39 is 0 Å². The number of nitrogens with zero attached hydrogens (tertiary/aromatic N) is 2. The number of hydrogen-bond donors (Lipinski definition) is 0. The van der Waals surface area contributed by atoms with E-state index in [-0.39, 0.29) is 0 Å². The Morgan fingerprint density at radius 2 is 2.00 bits per heavy atom. The largest absolute Gasteiger partial charge is 0.446 e. The lowest BCUT2D eigenvalue weighted by atomic mass is 10.0. The highest BCUT2D eigenvalue weighted by atomic mass is 79.9. The van der Waals surface area contributed by atoms with Crippen LogP contribution in [0, 0.1) is 6.92 Å². The Morgan fingerprint density at radius 3 is 2.47 bits per heavy atom. The predicted octanol–water partition coefficient (Wildman–Crippen LogP) is 4.58. The van der Waals surface area contributed by atoms with Crippen LogP contribution in [-0.4, -0.2) is 9.97 Å². The minimum atomic E-state index is 0.305. The Bertz CT molecular complexity index is 528. The summed E-state index contributed by atoms with van der Waals surface area (Å²) in [5.41, 5.74) is 1.88. The van der Waals surface area contributed by atoms with Crippen molar-refractivity contribution < 1.29 is 4.42 Å². The van der Waals surface area contributed by atoms with Crippen molar-refractivity contribution in [2.24, 2.45) is 0 Å². The van der Waals surface area contributed by atoms with E-state index in [1.165, 1.54) is 0 Å². The summed E-state index contributed by atoms with van der Waals surface area (Å²) in [7, 11) is 0. The Kier molecular flexibility index (Phi) is 3.54. The molecule has 0 N–H and O–H groups in total. The molecular weight excluding hydrogens is 304 g/mol. The van der Waals surface area contributed by atoms with Gasteiger partial charge in [0.25, 0.3) is 0 Å². The second-order valence-electron chi connectivity index (χ2n) is 4.10.